The van der Waals surface area contributed by atoms with Crippen LogP contribution >= 0.6 is 0 Å². The van der Waals surface area contributed by atoms with E-state index >= 15 is 0 Å². The lowest BCUT2D eigenvalue weighted by atomic mass is 10.1. The van der Waals surface area contributed by atoms with Crippen molar-refractivity contribution in [3.63, 3.8) is 0 Å². The fraction of sp³-hybridized carbons (Fsp3) is 1.00. The highest BCUT2D eigenvalue weighted by atomic mass is 16.3. The molecule has 0 aromatic rings. The molecule has 0 aliphatic rings. The average Bonchev–Trinajstić information content (AvgIpc) is 2.39. The highest BCUT2D eigenvalue weighted by molar-refractivity contribution is 4.52. The molecule has 0 unspecified atom stereocenters. The van der Waals surface area contributed by atoms with Crippen LogP contribution in [0.25, 0.3) is 0 Å². The Hall–Kier alpha value is -0.640. The summed E-state index contributed by atoms with van der Waals surface area (Å²) in [7, 11) is 0. The van der Waals surface area contributed by atoms with Gasteiger partial charge in [0.1, 0.15) is 0 Å². The summed E-state index contributed by atoms with van der Waals surface area (Å²) in [4.78, 5) is 10.4. The summed E-state index contributed by atoms with van der Waals surface area (Å²) < 4.78 is 0. The van der Waals surface area contributed by atoms with Crippen molar-refractivity contribution in [2.75, 3.05) is 19.7 Å². The first-order valence-electron chi connectivity index (χ1n) is 7.54. The summed E-state index contributed by atoms with van der Waals surface area (Å²) >= 11 is 0. The molecule has 0 spiro atoms. The summed E-state index contributed by atoms with van der Waals surface area (Å²) in [6, 6.07) is 0. The van der Waals surface area contributed by atoms with Gasteiger partial charge in [0.15, 0.2) is 0 Å². The molecule has 18 heavy (non-hydrogen) atoms. The first-order chi connectivity index (χ1) is 8.85. The van der Waals surface area contributed by atoms with Gasteiger partial charge >= 0.3 is 0 Å². The molecule has 0 saturated heterocycles. The number of hydrogen-bond acceptors (Lipinski definition) is 3. The van der Waals surface area contributed by atoms with Crippen LogP contribution in [-0.2, 0) is 0 Å². The second-order valence-corrected chi connectivity index (χ2v) is 4.94. The number of nitrogens with zero attached hydrogens (tertiary/aromatic N) is 2. The van der Waals surface area contributed by atoms with Crippen LogP contribution in [0.5, 0.6) is 0 Å². The van der Waals surface area contributed by atoms with Crippen LogP contribution < -0.4 is 0 Å². The summed E-state index contributed by atoms with van der Waals surface area (Å²) in [5, 5.41) is 13.0. The molecule has 4 heteroatoms. The molecule has 0 amide bonds. The topological polar surface area (TPSA) is 52.9 Å². The lowest BCUT2D eigenvalue weighted by molar-refractivity contribution is 0.196. The summed E-state index contributed by atoms with van der Waals surface area (Å²) in [6.07, 6.45) is 12.9. The van der Waals surface area contributed by atoms with Crippen molar-refractivity contribution >= 4 is 0 Å². The minimum absolute atomic E-state index is 0.00347. The van der Waals surface area contributed by atoms with Crippen molar-refractivity contribution in [3.05, 3.63) is 4.91 Å². The van der Waals surface area contributed by atoms with Crippen LogP contribution in [0.1, 0.15) is 71.1 Å². The zero-order valence-electron chi connectivity index (χ0n) is 11.9. The van der Waals surface area contributed by atoms with Crippen LogP contribution in [0.3, 0.4) is 0 Å². The standard InChI is InChI=1S/C14H30N2O2/c1-2-3-4-5-6-7-8-9-10-11-12-16(15-18)13-14-17/h17H,2-14H2,1H3. The maximum atomic E-state index is 10.4. The van der Waals surface area contributed by atoms with Crippen LogP contribution in [0.2, 0.25) is 0 Å². The molecular formula is C14H30N2O2. The third kappa shape index (κ3) is 11.8. The molecule has 0 aliphatic heterocycles. The summed E-state index contributed by atoms with van der Waals surface area (Å²) in [5.41, 5.74) is 0. The lowest BCUT2D eigenvalue weighted by Crippen LogP contribution is -2.21. The van der Waals surface area contributed by atoms with E-state index < -0.39 is 0 Å². The minimum atomic E-state index is 0.00347. The molecule has 0 radical (unpaired) electrons. The molecule has 0 rings (SSSR count). The van der Waals surface area contributed by atoms with E-state index in [1.807, 2.05) is 0 Å². The van der Waals surface area contributed by atoms with E-state index in [0.717, 1.165) is 12.8 Å². The van der Waals surface area contributed by atoms with Gasteiger partial charge in [0, 0.05) is 6.54 Å². The van der Waals surface area contributed by atoms with Gasteiger partial charge in [-0.2, -0.15) is 0 Å². The zero-order valence-corrected chi connectivity index (χ0v) is 11.9. The highest BCUT2D eigenvalue weighted by Crippen LogP contribution is 2.10. The van der Waals surface area contributed by atoms with Gasteiger partial charge in [-0.15, -0.1) is 4.91 Å². The Morgan fingerprint density at radius 1 is 0.833 bits per heavy atom. The summed E-state index contributed by atoms with van der Waals surface area (Å²) in [5.74, 6) is 0. The van der Waals surface area contributed by atoms with E-state index in [9.17, 15) is 4.91 Å². The molecular weight excluding hydrogens is 228 g/mol. The van der Waals surface area contributed by atoms with E-state index in [2.05, 4.69) is 12.2 Å². The van der Waals surface area contributed by atoms with Crippen LogP contribution in [0.4, 0.5) is 0 Å². The predicted molar refractivity (Wildman–Crippen MR) is 76.3 cm³/mol. The first kappa shape index (κ1) is 17.4. The maximum Gasteiger partial charge on any atom is 0.0624 e. The largest absolute Gasteiger partial charge is 0.394 e. The second-order valence-electron chi connectivity index (χ2n) is 4.94. The molecule has 4 nitrogen and oxygen atoms in total. The van der Waals surface area contributed by atoms with Crippen molar-refractivity contribution in [2.24, 2.45) is 5.29 Å². The highest BCUT2D eigenvalue weighted by Gasteiger charge is 2.00. The molecule has 0 saturated carbocycles. The number of aliphatic hydroxyl groups is 1. The van der Waals surface area contributed by atoms with Gasteiger partial charge in [-0.05, 0) is 6.42 Å². The fourth-order valence-corrected chi connectivity index (χ4v) is 2.09. The normalized spacial score (nSPS) is 10.6. The van der Waals surface area contributed by atoms with Gasteiger partial charge in [-0.25, -0.2) is 0 Å². The van der Waals surface area contributed by atoms with Gasteiger partial charge in [0.25, 0.3) is 0 Å². The Bertz CT molecular complexity index is 177. The number of nitroso groups, excluding NO2 is 1. The van der Waals surface area contributed by atoms with E-state index in [0.29, 0.717) is 13.1 Å². The fourth-order valence-electron chi connectivity index (χ4n) is 2.09. The third-order valence-electron chi connectivity index (χ3n) is 3.24. The minimum Gasteiger partial charge on any atom is -0.394 e. The van der Waals surface area contributed by atoms with E-state index in [-0.39, 0.29) is 6.61 Å². The molecule has 0 heterocycles. The van der Waals surface area contributed by atoms with E-state index in [1.165, 1.54) is 56.4 Å². The molecule has 0 aromatic heterocycles. The van der Waals surface area contributed by atoms with Gasteiger partial charge in [0.05, 0.1) is 18.4 Å². The Morgan fingerprint density at radius 3 is 1.78 bits per heavy atom. The van der Waals surface area contributed by atoms with Gasteiger partial charge < -0.3 is 5.11 Å². The zero-order chi connectivity index (χ0) is 13.5. The first-order valence-corrected chi connectivity index (χ1v) is 7.54. The molecule has 0 fully saturated rings. The Kier molecular flexibility index (Phi) is 13.9. The lowest BCUT2D eigenvalue weighted by Gasteiger charge is -2.12. The van der Waals surface area contributed by atoms with E-state index in [4.69, 9.17) is 5.11 Å². The van der Waals surface area contributed by atoms with Crippen LogP contribution in [-0.4, -0.2) is 29.8 Å². The Labute approximate surface area is 112 Å². The van der Waals surface area contributed by atoms with Crippen molar-refractivity contribution in [3.8, 4) is 0 Å². The Morgan fingerprint density at radius 2 is 1.33 bits per heavy atom. The predicted octanol–water partition coefficient (Wildman–Crippen LogP) is 3.88. The van der Waals surface area contributed by atoms with Crippen LogP contribution in [0.15, 0.2) is 5.29 Å². The molecule has 108 valence electrons. The van der Waals surface area contributed by atoms with Crippen molar-refractivity contribution in [2.45, 2.75) is 71.1 Å². The third-order valence-corrected chi connectivity index (χ3v) is 3.24. The van der Waals surface area contributed by atoms with E-state index in [1.54, 1.807) is 0 Å². The number of unbranched alkanes of at least 4 members (excludes halogenated alkanes) is 9. The molecule has 1 N–H and O–H groups in total. The van der Waals surface area contributed by atoms with Crippen molar-refractivity contribution in [1.29, 1.82) is 0 Å². The number of aliphatic hydroxyl groups excluding tert-OH is 1. The van der Waals surface area contributed by atoms with Crippen molar-refractivity contribution in [1.82, 2.24) is 5.01 Å². The number of rotatable bonds is 14. The van der Waals surface area contributed by atoms with Gasteiger partial charge in [-0.3, -0.25) is 5.01 Å². The maximum absolute atomic E-state index is 10.4. The monoisotopic (exact) mass is 258 g/mol. The molecule has 0 bridgehead atoms. The van der Waals surface area contributed by atoms with Gasteiger partial charge in [0.2, 0.25) is 0 Å². The SMILES string of the molecule is CCCCCCCCCCCCN(CCO)N=O. The smallest absolute Gasteiger partial charge is 0.0624 e. The molecule has 0 atom stereocenters. The average molecular weight is 258 g/mol. The number of hydrogen-bond donors (Lipinski definition) is 1. The molecule has 0 aliphatic carbocycles. The van der Waals surface area contributed by atoms with Crippen LogP contribution in [0, 0.1) is 4.91 Å². The van der Waals surface area contributed by atoms with Crippen molar-refractivity contribution < 1.29 is 5.11 Å². The Balaban J connectivity index is 3.13. The molecule has 0 aromatic carbocycles. The second kappa shape index (κ2) is 14.4. The van der Waals surface area contributed by atoms with Gasteiger partial charge in [-0.1, -0.05) is 64.7 Å². The quantitative estimate of drug-likeness (QED) is 0.292. The summed E-state index contributed by atoms with van der Waals surface area (Å²) in [6.45, 7) is 3.29.